The number of carbonyl (C=O) groups is 1. The molecule has 1 aliphatic heterocycles. The zero-order valence-electron chi connectivity index (χ0n) is 13.4. The Morgan fingerprint density at radius 3 is 2.43 bits per heavy atom. The van der Waals surface area contributed by atoms with Crippen LogP contribution >= 0.6 is 28.5 Å². The fraction of sp³-hybridized carbons (Fsp3) is 0.533. The highest BCUT2D eigenvalue weighted by atomic mass is 35.9. The minimum absolute atomic E-state index is 0.0197. The van der Waals surface area contributed by atoms with Crippen molar-refractivity contribution in [3.05, 3.63) is 28.8 Å². The monoisotopic (exact) mass is 378 g/mol. The summed E-state index contributed by atoms with van der Waals surface area (Å²) in [7, 11) is 1.59. The van der Waals surface area contributed by atoms with Crippen molar-refractivity contribution in [2.24, 2.45) is 0 Å². The summed E-state index contributed by atoms with van der Waals surface area (Å²) in [6, 6.07) is 3.62. The van der Waals surface area contributed by atoms with Gasteiger partial charge >= 0.3 is 6.00 Å². The van der Waals surface area contributed by atoms with E-state index in [1.807, 2.05) is 19.9 Å². The smallest absolute Gasteiger partial charge is 0.322 e. The van der Waals surface area contributed by atoms with Crippen LogP contribution in [-0.2, 0) is 4.57 Å². The predicted molar refractivity (Wildman–Crippen MR) is 93.8 cm³/mol. The largest absolute Gasteiger partial charge is 0.496 e. The maximum atomic E-state index is 12.4. The number of benzene rings is 1. The fourth-order valence-electron chi connectivity index (χ4n) is 2.68. The SMILES string of the molecule is COc1cc(C(=O)NC2CCN(P(=O)(Cl)Cl)CC2)cc(C)c1C. The van der Waals surface area contributed by atoms with E-state index in [0.29, 0.717) is 37.2 Å². The van der Waals surface area contributed by atoms with Crippen LogP contribution in [0.2, 0.25) is 0 Å². The molecule has 5 nitrogen and oxygen atoms in total. The Morgan fingerprint density at radius 1 is 1.30 bits per heavy atom. The van der Waals surface area contributed by atoms with Gasteiger partial charge in [0.1, 0.15) is 5.75 Å². The van der Waals surface area contributed by atoms with Gasteiger partial charge in [0.15, 0.2) is 0 Å². The number of piperidine rings is 1. The number of halogens is 2. The number of hydrogen-bond acceptors (Lipinski definition) is 3. The molecule has 1 saturated heterocycles. The molecule has 0 radical (unpaired) electrons. The van der Waals surface area contributed by atoms with E-state index in [1.165, 1.54) is 0 Å². The average Bonchev–Trinajstić information content (AvgIpc) is 2.49. The number of rotatable bonds is 4. The third-order valence-electron chi connectivity index (χ3n) is 4.24. The van der Waals surface area contributed by atoms with E-state index in [-0.39, 0.29) is 11.9 Å². The summed E-state index contributed by atoms with van der Waals surface area (Å²) in [5.41, 5.74) is 2.61. The number of aryl methyl sites for hydroxylation is 1. The van der Waals surface area contributed by atoms with Gasteiger partial charge in [-0.25, -0.2) is 4.67 Å². The van der Waals surface area contributed by atoms with E-state index >= 15 is 0 Å². The molecule has 1 N–H and O–H groups in total. The number of nitrogens with zero attached hydrogens (tertiary/aromatic N) is 1. The highest BCUT2D eigenvalue weighted by Crippen LogP contribution is 2.60. The van der Waals surface area contributed by atoms with Gasteiger partial charge in [-0.15, -0.1) is 0 Å². The molecule has 2 rings (SSSR count). The highest BCUT2D eigenvalue weighted by Gasteiger charge is 2.30. The highest BCUT2D eigenvalue weighted by molar-refractivity contribution is 8.06. The zero-order valence-corrected chi connectivity index (χ0v) is 15.8. The number of amides is 1. The van der Waals surface area contributed by atoms with Gasteiger partial charge in [-0.1, -0.05) is 0 Å². The molecule has 0 atom stereocenters. The molecule has 0 bridgehead atoms. The van der Waals surface area contributed by atoms with Crippen LogP contribution in [0, 0.1) is 13.8 Å². The fourth-order valence-corrected chi connectivity index (χ4v) is 4.29. The molecule has 0 aromatic heterocycles. The molecule has 1 aromatic rings. The predicted octanol–water partition coefficient (Wildman–Crippen LogP) is 4.09. The quantitative estimate of drug-likeness (QED) is 0.801. The molecule has 0 spiro atoms. The van der Waals surface area contributed by atoms with Crippen molar-refractivity contribution in [3.63, 3.8) is 0 Å². The molecule has 1 aliphatic rings. The van der Waals surface area contributed by atoms with Gasteiger partial charge < -0.3 is 10.1 Å². The van der Waals surface area contributed by atoms with Gasteiger partial charge in [0, 0.05) is 24.7 Å². The molecule has 8 heteroatoms. The standard InChI is InChI=1S/C15H21Cl2N2O3P/c1-10-8-12(9-14(22-3)11(10)2)15(20)18-13-4-6-19(7-5-13)23(16,17)21/h8-9,13H,4-7H2,1-3H3,(H,18,20). The lowest BCUT2D eigenvalue weighted by Gasteiger charge is -2.32. The van der Waals surface area contributed by atoms with E-state index in [0.717, 1.165) is 11.1 Å². The summed E-state index contributed by atoms with van der Waals surface area (Å²) in [6.07, 6.45) is 1.33. The minimum Gasteiger partial charge on any atom is -0.496 e. The van der Waals surface area contributed by atoms with Crippen LogP contribution < -0.4 is 10.1 Å². The lowest BCUT2D eigenvalue weighted by Crippen LogP contribution is -2.42. The molecular weight excluding hydrogens is 358 g/mol. The maximum Gasteiger partial charge on any atom is 0.322 e. The number of ether oxygens (including phenoxy) is 1. The summed E-state index contributed by atoms with van der Waals surface area (Å²) in [6.45, 7) is 4.92. The van der Waals surface area contributed by atoms with Gasteiger partial charge in [-0.05, 0) is 72.4 Å². The van der Waals surface area contributed by atoms with Crippen LogP contribution in [0.1, 0.15) is 34.3 Å². The molecule has 0 saturated carbocycles. The molecule has 23 heavy (non-hydrogen) atoms. The van der Waals surface area contributed by atoms with Gasteiger partial charge in [-0.2, -0.15) is 0 Å². The number of hydrogen-bond donors (Lipinski definition) is 1. The van der Waals surface area contributed by atoms with E-state index < -0.39 is 6.00 Å². The first-order chi connectivity index (χ1) is 10.7. The first kappa shape index (κ1) is 18.6. The Hall–Kier alpha value is -0.740. The van der Waals surface area contributed by atoms with Gasteiger partial charge in [0.25, 0.3) is 5.91 Å². The maximum absolute atomic E-state index is 12.4. The van der Waals surface area contributed by atoms with E-state index in [2.05, 4.69) is 5.32 Å². The Morgan fingerprint density at radius 2 is 1.91 bits per heavy atom. The first-order valence-corrected chi connectivity index (χ1v) is 10.9. The average molecular weight is 379 g/mol. The van der Waals surface area contributed by atoms with Crippen LogP contribution in [0.25, 0.3) is 0 Å². The van der Waals surface area contributed by atoms with Crippen molar-refractivity contribution in [3.8, 4) is 5.75 Å². The summed E-state index contributed by atoms with van der Waals surface area (Å²) >= 11 is 11.3. The van der Waals surface area contributed by atoms with Crippen LogP contribution in [0.5, 0.6) is 5.75 Å². The van der Waals surface area contributed by atoms with E-state index in [1.54, 1.807) is 17.8 Å². The van der Waals surface area contributed by atoms with Crippen LogP contribution in [0.3, 0.4) is 0 Å². The van der Waals surface area contributed by atoms with Crippen molar-refractivity contribution < 1.29 is 14.1 Å². The van der Waals surface area contributed by atoms with Crippen LogP contribution in [0.4, 0.5) is 0 Å². The molecule has 0 unspecified atom stereocenters. The van der Waals surface area contributed by atoms with Gasteiger partial charge in [0.05, 0.1) is 7.11 Å². The van der Waals surface area contributed by atoms with Crippen molar-refractivity contribution in [1.82, 2.24) is 9.99 Å². The minimum atomic E-state index is -3.23. The Balaban J connectivity index is 2.01. The Labute approximate surface area is 146 Å². The second kappa shape index (κ2) is 7.43. The van der Waals surface area contributed by atoms with E-state index in [9.17, 15) is 9.36 Å². The number of nitrogens with one attached hydrogen (secondary N) is 1. The molecule has 1 aromatic carbocycles. The zero-order chi connectivity index (χ0) is 17.2. The van der Waals surface area contributed by atoms with Crippen molar-refractivity contribution >= 4 is 34.4 Å². The molecule has 0 aliphatic carbocycles. The summed E-state index contributed by atoms with van der Waals surface area (Å²) in [4.78, 5) is 12.4. The summed E-state index contributed by atoms with van der Waals surface area (Å²) < 4.78 is 18.5. The summed E-state index contributed by atoms with van der Waals surface area (Å²) in [5, 5.41) is 3.01. The van der Waals surface area contributed by atoms with Crippen LogP contribution in [-0.4, -0.2) is 36.8 Å². The first-order valence-electron chi connectivity index (χ1n) is 7.43. The molecule has 128 valence electrons. The van der Waals surface area contributed by atoms with E-state index in [4.69, 9.17) is 27.2 Å². The third kappa shape index (κ3) is 4.63. The van der Waals surface area contributed by atoms with Crippen molar-refractivity contribution in [2.45, 2.75) is 32.7 Å². The Kier molecular flexibility index (Phi) is 6.01. The van der Waals surface area contributed by atoms with Crippen molar-refractivity contribution in [2.75, 3.05) is 20.2 Å². The lowest BCUT2D eigenvalue weighted by molar-refractivity contribution is 0.0923. The second-order valence-electron chi connectivity index (χ2n) is 5.76. The summed E-state index contributed by atoms with van der Waals surface area (Å²) in [5.74, 6) is -2.66. The molecule has 1 fully saturated rings. The molecule has 1 amide bonds. The third-order valence-corrected chi connectivity index (χ3v) is 6.58. The van der Waals surface area contributed by atoms with Gasteiger partial charge in [-0.3, -0.25) is 9.36 Å². The molecular formula is C15H21Cl2N2O3P. The Bertz CT molecular complexity index is 640. The topological polar surface area (TPSA) is 58.6 Å². The van der Waals surface area contributed by atoms with Gasteiger partial charge in [0.2, 0.25) is 0 Å². The number of carbonyl (C=O) groups excluding carboxylic acids is 1. The van der Waals surface area contributed by atoms with Crippen LogP contribution in [0.15, 0.2) is 12.1 Å². The molecule has 1 heterocycles. The normalized spacial score (nSPS) is 17.1. The second-order valence-corrected chi connectivity index (χ2v) is 10.5. The lowest BCUT2D eigenvalue weighted by atomic mass is 10.0. The number of methoxy groups -OCH3 is 1. The van der Waals surface area contributed by atoms with Crippen molar-refractivity contribution in [1.29, 1.82) is 0 Å².